The first-order valence-corrected chi connectivity index (χ1v) is 8.94. The van der Waals surface area contributed by atoms with Crippen molar-refractivity contribution in [2.45, 2.75) is 6.54 Å². The molecule has 0 saturated carbocycles. The van der Waals surface area contributed by atoms with Crippen LogP contribution in [0.3, 0.4) is 0 Å². The summed E-state index contributed by atoms with van der Waals surface area (Å²) in [6.07, 6.45) is 0. The Morgan fingerprint density at radius 1 is 0.933 bits per heavy atom. The van der Waals surface area contributed by atoms with Crippen molar-refractivity contribution >= 4 is 28.2 Å². The van der Waals surface area contributed by atoms with Crippen LogP contribution >= 0.6 is 0 Å². The molecule has 0 saturated heterocycles. The number of para-hydroxylation sites is 3. The molecular formula is C22H17N4O3Y+2. The number of fused-ring (bicyclic) bond motifs is 1. The van der Waals surface area contributed by atoms with Gasteiger partial charge in [0, 0.05) is 10.9 Å². The molecule has 4 rings (SSSR count). The first kappa shape index (κ1) is 21.7. The standard InChI is InChI=1S/C22H18N4O3.Y/c23-17-6-2-4-8-19(17)24-20(27)15-11-9-14(10-12-15)13-26-21(28)16-5-1-3-7-18(16)25-22(26)29;/h1-12H,13,23H2,(H2,24,25,27,28,29);/q;+3/p-1. The molecule has 8 heteroatoms. The monoisotopic (exact) mass is 474 g/mol. The van der Waals surface area contributed by atoms with Crippen LogP contribution < -0.4 is 27.3 Å². The summed E-state index contributed by atoms with van der Waals surface area (Å²) < 4.78 is 1.09. The van der Waals surface area contributed by atoms with E-state index < -0.39 is 5.69 Å². The second-order valence-electron chi connectivity index (χ2n) is 6.54. The van der Waals surface area contributed by atoms with Crippen molar-refractivity contribution in [1.82, 2.24) is 9.55 Å². The van der Waals surface area contributed by atoms with Crippen molar-refractivity contribution in [3.8, 4) is 0 Å². The Hall–Kier alpha value is -3.03. The van der Waals surface area contributed by atoms with E-state index in [0.717, 1.165) is 4.57 Å². The Bertz CT molecular complexity index is 1330. The van der Waals surface area contributed by atoms with Gasteiger partial charge >= 0.3 is 32.7 Å². The van der Waals surface area contributed by atoms with Crippen LogP contribution in [-0.4, -0.2) is 10.5 Å². The third-order valence-electron chi connectivity index (χ3n) is 4.59. The van der Waals surface area contributed by atoms with Crippen LogP contribution in [0.1, 0.15) is 15.9 Å². The summed E-state index contributed by atoms with van der Waals surface area (Å²) in [5.74, 6) is -0.302. The number of rotatable bonds is 4. The number of carbonyl (C=O) groups excluding carboxylic acids is 1. The molecule has 0 fully saturated rings. The number of aromatic nitrogens is 2. The molecule has 0 spiro atoms. The molecule has 3 N–H and O–H groups in total. The maximum Gasteiger partial charge on any atom is 3.00 e. The van der Waals surface area contributed by atoms with Gasteiger partial charge in [0.25, 0.3) is 5.91 Å². The number of nitrogen functional groups attached to an aromatic ring is 1. The first-order chi connectivity index (χ1) is 14.0. The van der Waals surface area contributed by atoms with Crippen LogP contribution in [0.15, 0.2) is 82.4 Å². The van der Waals surface area contributed by atoms with Crippen molar-refractivity contribution < 1.29 is 37.5 Å². The van der Waals surface area contributed by atoms with Gasteiger partial charge in [-0.15, -0.1) is 0 Å². The Labute approximate surface area is 196 Å². The summed E-state index contributed by atoms with van der Waals surface area (Å²) in [5, 5.41) is 3.15. The van der Waals surface area contributed by atoms with Gasteiger partial charge in [0.1, 0.15) is 0 Å². The average molecular weight is 474 g/mol. The third kappa shape index (κ3) is 4.42. The zero-order valence-corrected chi connectivity index (χ0v) is 18.7. The maximum atomic E-state index is 12.6. The van der Waals surface area contributed by atoms with Crippen LogP contribution in [0.4, 0.5) is 11.4 Å². The minimum atomic E-state index is -0.602. The van der Waals surface area contributed by atoms with Gasteiger partial charge in [0.05, 0.1) is 11.4 Å². The van der Waals surface area contributed by atoms with Gasteiger partial charge < -0.3 is 20.6 Å². The molecule has 1 amide bonds. The summed E-state index contributed by atoms with van der Waals surface area (Å²) in [4.78, 5) is 41.2. The number of anilines is 2. The van der Waals surface area contributed by atoms with Crippen molar-refractivity contribution in [3.63, 3.8) is 0 Å². The summed E-state index contributed by atoms with van der Waals surface area (Å²) in [6.45, 7) is 0.0725. The van der Waals surface area contributed by atoms with Crippen LogP contribution in [-0.2, 0) is 39.3 Å². The predicted octanol–water partition coefficient (Wildman–Crippen LogP) is 2.20. The Kier molecular flexibility index (Phi) is 6.64. The molecule has 144 valence electrons. The van der Waals surface area contributed by atoms with Gasteiger partial charge in [-0.05, 0) is 41.9 Å². The van der Waals surface area contributed by atoms with Crippen LogP contribution in [0, 0.1) is 0 Å². The smallest absolute Gasteiger partial charge is 0.400 e. The molecule has 0 aliphatic heterocycles. The van der Waals surface area contributed by atoms with E-state index in [-0.39, 0.29) is 50.7 Å². The van der Waals surface area contributed by atoms with E-state index in [9.17, 15) is 14.4 Å². The SMILES string of the molecule is Nc1ccccc1NC(=O)c1ccc(Cn2c(=O)[n-]c3ccccc3c2=O)cc1.[Y+3]. The fourth-order valence-electron chi connectivity index (χ4n) is 3.04. The van der Waals surface area contributed by atoms with Gasteiger partial charge in [-0.2, -0.15) is 0 Å². The third-order valence-corrected chi connectivity index (χ3v) is 4.59. The molecule has 30 heavy (non-hydrogen) atoms. The topological polar surface area (TPSA) is 108 Å². The van der Waals surface area contributed by atoms with Crippen molar-refractivity contribution in [2.24, 2.45) is 0 Å². The quantitative estimate of drug-likeness (QED) is 0.441. The number of hydrogen-bond donors (Lipinski definition) is 2. The molecule has 0 unspecified atom stereocenters. The second-order valence-corrected chi connectivity index (χ2v) is 6.54. The van der Waals surface area contributed by atoms with Gasteiger partial charge in [0.15, 0.2) is 11.2 Å². The van der Waals surface area contributed by atoms with Gasteiger partial charge in [0.2, 0.25) is 0 Å². The van der Waals surface area contributed by atoms with E-state index in [1.165, 1.54) is 0 Å². The van der Waals surface area contributed by atoms with Crippen LogP contribution in [0.2, 0.25) is 0 Å². The van der Waals surface area contributed by atoms with Gasteiger partial charge in [-0.1, -0.05) is 48.5 Å². The minimum Gasteiger partial charge on any atom is -0.400 e. The molecular weight excluding hydrogens is 457 g/mol. The van der Waals surface area contributed by atoms with Gasteiger partial charge in [-0.25, -0.2) is 0 Å². The fraction of sp³-hybridized carbons (Fsp3) is 0.0455. The fourth-order valence-corrected chi connectivity index (χ4v) is 3.04. The summed E-state index contributed by atoms with van der Waals surface area (Å²) in [5.41, 5.74) is 7.38. The average Bonchev–Trinajstić information content (AvgIpc) is 2.73. The Morgan fingerprint density at radius 2 is 1.60 bits per heavy atom. The van der Waals surface area contributed by atoms with Crippen molar-refractivity contribution in [3.05, 3.63) is 105 Å². The number of benzene rings is 3. The molecule has 4 aromatic rings. The maximum absolute atomic E-state index is 12.6. The summed E-state index contributed by atoms with van der Waals surface area (Å²) >= 11 is 0. The zero-order chi connectivity index (χ0) is 20.4. The first-order valence-electron chi connectivity index (χ1n) is 8.94. The molecule has 3 aromatic carbocycles. The van der Waals surface area contributed by atoms with E-state index in [1.54, 1.807) is 72.8 Å². The van der Waals surface area contributed by atoms with Crippen molar-refractivity contribution in [2.75, 3.05) is 11.1 Å². The van der Waals surface area contributed by atoms with E-state index in [2.05, 4.69) is 10.3 Å². The van der Waals surface area contributed by atoms with Crippen LogP contribution in [0.25, 0.3) is 10.9 Å². The molecule has 0 aliphatic rings. The predicted molar refractivity (Wildman–Crippen MR) is 112 cm³/mol. The molecule has 7 nitrogen and oxygen atoms in total. The summed E-state index contributed by atoms with van der Waals surface area (Å²) in [7, 11) is 0. The molecule has 0 atom stereocenters. The molecule has 1 aromatic heterocycles. The molecule has 0 aliphatic carbocycles. The minimum absolute atomic E-state index is 0. The number of amides is 1. The number of nitrogens with zero attached hydrogens (tertiary/aromatic N) is 2. The van der Waals surface area contributed by atoms with Crippen LogP contribution in [0.5, 0.6) is 0 Å². The zero-order valence-electron chi connectivity index (χ0n) is 15.9. The number of nitrogens with two attached hydrogens (primary N) is 1. The molecule has 0 radical (unpaired) electrons. The second kappa shape index (κ2) is 9.19. The van der Waals surface area contributed by atoms with E-state index in [1.807, 2.05) is 0 Å². The Balaban J connectivity index is 0.00000256. The largest absolute Gasteiger partial charge is 3.00 e. The van der Waals surface area contributed by atoms with E-state index in [0.29, 0.717) is 33.4 Å². The van der Waals surface area contributed by atoms with Gasteiger partial charge in [-0.3, -0.25) is 14.4 Å². The number of nitrogens with one attached hydrogen (secondary N) is 1. The molecule has 1 heterocycles. The van der Waals surface area contributed by atoms with Crippen molar-refractivity contribution in [1.29, 1.82) is 0 Å². The number of hydrogen-bond acceptors (Lipinski definition) is 4. The Morgan fingerprint density at radius 3 is 2.33 bits per heavy atom. The molecule has 0 bridgehead atoms. The number of carbonyl (C=O) groups is 1. The van der Waals surface area contributed by atoms with E-state index >= 15 is 0 Å². The normalized spacial score (nSPS) is 10.4. The summed E-state index contributed by atoms with van der Waals surface area (Å²) in [6, 6.07) is 20.4. The van der Waals surface area contributed by atoms with E-state index in [4.69, 9.17) is 5.73 Å².